The molecule has 1 aliphatic carbocycles. The number of benzene rings is 2. The van der Waals surface area contributed by atoms with E-state index in [9.17, 15) is 14.3 Å². The van der Waals surface area contributed by atoms with Crippen LogP contribution in [0.5, 0.6) is 17.2 Å². The molecule has 2 aromatic rings. The molecule has 0 unspecified atom stereocenters. The normalized spacial score (nSPS) is 19.0. The molecule has 1 fully saturated rings. The minimum absolute atomic E-state index is 0.0628. The number of hydrogen-bond donors (Lipinski definition) is 1. The first kappa shape index (κ1) is 14.6. The van der Waals surface area contributed by atoms with Gasteiger partial charge >= 0.3 is 0 Å². The van der Waals surface area contributed by atoms with Crippen molar-refractivity contribution >= 4 is 11.6 Å². The lowest BCUT2D eigenvalue weighted by Crippen LogP contribution is -2.41. The van der Waals surface area contributed by atoms with E-state index in [0.29, 0.717) is 29.3 Å². The zero-order chi connectivity index (χ0) is 17.2. The lowest BCUT2D eigenvalue weighted by Gasteiger charge is -2.39. The second-order valence-electron chi connectivity index (χ2n) is 6.88. The summed E-state index contributed by atoms with van der Waals surface area (Å²) < 4.78 is 25.0. The fourth-order valence-electron chi connectivity index (χ4n) is 4.17. The molecule has 1 spiro atoms. The highest BCUT2D eigenvalue weighted by atomic mass is 19.1. The summed E-state index contributed by atoms with van der Waals surface area (Å²) in [4.78, 5) is 14.7. The summed E-state index contributed by atoms with van der Waals surface area (Å²) in [6.45, 7) is 0.503. The summed E-state index contributed by atoms with van der Waals surface area (Å²) in [5, 5.41) is 10.3. The van der Waals surface area contributed by atoms with Crippen molar-refractivity contribution < 1.29 is 23.8 Å². The third kappa shape index (κ3) is 1.91. The second kappa shape index (κ2) is 4.88. The Morgan fingerprint density at radius 1 is 1.20 bits per heavy atom. The van der Waals surface area contributed by atoms with E-state index in [4.69, 9.17) is 9.47 Å². The highest BCUT2D eigenvalue weighted by molar-refractivity contribution is 6.09. The Morgan fingerprint density at radius 3 is 2.68 bits per heavy atom. The van der Waals surface area contributed by atoms with Gasteiger partial charge in [0.1, 0.15) is 11.6 Å². The first-order valence-corrected chi connectivity index (χ1v) is 8.33. The molecular weight excluding hydrogens is 325 g/mol. The van der Waals surface area contributed by atoms with Gasteiger partial charge in [-0.15, -0.1) is 0 Å². The van der Waals surface area contributed by atoms with Crippen LogP contribution in [0.15, 0.2) is 30.3 Å². The predicted molar refractivity (Wildman–Crippen MR) is 87.8 cm³/mol. The average Bonchev–Trinajstić information content (AvgIpc) is 3.15. The van der Waals surface area contributed by atoms with Crippen LogP contribution in [0, 0.1) is 5.82 Å². The van der Waals surface area contributed by atoms with Crippen LogP contribution < -0.4 is 14.4 Å². The van der Waals surface area contributed by atoms with Gasteiger partial charge in [-0.2, -0.15) is 0 Å². The minimum Gasteiger partial charge on any atom is -0.507 e. The van der Waals surface area contributed by atoms with Crippen LogP contribution >= 0.6 is 0 Å². The van der Waals surface area contributed by atoms with Gasteiger partial charge in [0.2, 0.25) is 6.79 Å². The number of phenolic OH excluding ortho intramolecular Hbond substituents is 1. The van der Waals surface area contributed by atoms with Crippen molar-refractivity contribution in [2.45, 2.75) is 24.7 Å². The number of carbonyl (C=O) groups is 1. The molecule has 1 saturated carbocycles. The molecule has 0 saturated heterocycles. The van der Waals surface area contributed by atoms with Gasteiger partial charge in [-0.3, -0.25) is 4.79 Å². The van der Waals surface area contributed by atoms with E-state index in [2.05, 4.69) is 0 Å². The topological polar surface area (TPSA) is 59.0 Å². The van der Waals surface area contributed by atoms with E-state index >= 15 is 0 Å². The smallest absolute Gasteiger partial charge is 0.262 e. The number of anilines is 1. The van der Waals surface area contributed by atoms with Crippen LogP contribution in [0.2, 0.25) is 0 Å². The molecular formula is C19H16FNO4. The number of nitrogens with zero attached hydrogens (tertiary/aromatic N) is 1. The number of halogens is 1. The van der Waals surface area contributed by atoms with Crippen molar-refractivity contribution in [2.75, 3.05) is 18.2 Å². The van der Waals surface area contributed by atoms with Crippen LogP contribution in [0.4, 0.5) is 10.1 Å². The van der Waals surface area contributed by atoms with E-state index < -0.39 is 0 Å². The molecule has 25 heavy (non-hydrogen) atoms. The van der Waals surface area contributed by atoms with E-state index in [1.54, 1.807) is 17.0 Å². The van der Waals surface area contributed by atoms with E-state index in [1.165, 1.54) is 18.2 Å². The third-order valence-corrected chi connectivity index (χ3v) is 5.55. The fraction of sp³-hybridized carbons (Fsp3) is 0.316. The summed E-state index contributed by atoms with van der Waals surface area (Å²) in [7, 11) is 0. The van der Waals surface area contributed by atoms with Gasteiger partial charge in [-0.05, 0) is 25.0 Å². The number of carbonyl (C=O) groups excluding carboxylic acids is 1. The van der Waals surface area contributed by atoms with Crippen molar-refractivity contribution in [3.8, 4) is 17.2 Å². The summed E-state index contributed by atoms with van der Waals surface area (Å²) >= 11 is 0. The Kier molecular flexibility index (Phi) is 2.84. The average molecular weight is 341 g/mol. The molecule has 2 heterocycles. The molecule has 1 amide bonds. The van der Waals surface area contributed by atoms with Crippen molar-refractivity contribution in [1.29, 1.82) is 0 Å². The SMILES string of the molecule is O=C(c1cc2c(cc1O)OCO2)N1CC2(CCC2)c2c(F)cccc21. The Hall–Kier alpha value is -2.76. The molecule has 5 rings (SSSR count). The van der Waals surface area contributed by atoms with E-state index in [0.717, 1.165) is 19.3 Å². The van der Waals surface area contributed by atoms with Gasteiger partial charge in [0.15, 0.2) is 11.5 Å². The van der Waals surface area contributed by atoms with Crippen LogP contribution in [0.1, 0.15) is 35.2 Å². The summed E-state index contributed by atoms with van der Waals surface area (Å²) in [6.07, 6.45) is 2.78. The molecule has 3 aliphatic rings. The Bertz CT molecular complexity index is 907. The van der Waals surface area contributed by atoms with Crippen molar-refractivity contribution in [1.82, 2.24) is 0 Å². The Morgan fingerprint density at radius 2 is 1.96 bits per heavy atom. The number of ether oxygens (including phenoxy) is 2. The van der Waals surface area contributed by atoms with E-state index in [-0.39, 0.29) is 35.2 Å². The Balaban J connectivity index is 1.59. The third-order valence-electron chi connectivity index (χ3n) is 5.55. The molecule has 6 heteroatoms. The zero-order valence-electron chi connectivity index (χ0n) is 13.4. The number of fused-ring (bicyclic) bond motifs is 3. The molecule has 2 aromatic carbocycles. The van der Waals surface area contributed by atoms with Crippen LogP contribution in [-0.4, -0.2) is 24.4 Å². The quantitative estimate of drug-likeness (QED) is 0.864. The Labute approximate surface area is 143 Å². The van der Waals surface area contributed by atoms with Gasteiger partial charge in [0, 0.05) is 29.7 Å². The highest BCUT2D eigenvalue weighted by Crippen LogP contribution is 2.54. The number of rotatable bonds is 1. The van der Waals surface area contributed by atoms with Gasteiger partial charge in [-0.25, -0.2) is 4.39 Å². The molecule has 2 aliphatic heterocycles. The van der Waals surface area contributed by atoms with Gasteiger partial charge in [0.25, 0.3) is 5.91 Å². The number of aromatic hydroxyl groups is 1. The molecule has 1 N–H and O–H groups in total. The first-order chi connectivity index (χ1) is 12.1. The van der Waals surface area contributed by atoms with Gasteiger partial charge < -0.3 is 19.5 Å². The maximum absolute atomic E-state index is 14.5. The molecule has 0 bridgehead atoms. The number of amides is 1. The molecule has 128 valence electrons. The summed E-state index contributed by atoms with van der Waals surface area (Å²) in [6, 6.07) is 7.71. The highest BCUT2D eigenvalue weighted by Gasteiger charge is 2.50. The van der Waals surface area contributed by atoms with E-state index in [1.807, 2.05) is 0 Å². The van der Waals surface area contributed by atoms with Crippen molar-refractivity contribution in [3.05, 3.63) is 47.3 Å². The molecule has 0 radical (unpaired) electrons. The minimum atomic E-state index is -0.355. The van der Waals surface area contributed by atoms with Crippen molar-refractivity contribution in [3.63, 3.8) is 0 Å². The van der Waals surface area contributed by atoms with Crippen LogP contribution in [0.25, 0.3) is 0 Å². The maximum Gasteiger partial charge on any atom is 0.262 e. The molecule has 5 nitrogen and oxygen atoms in total. The summed E-state index contributed by atoms with van der Waals surface area (Å²) in [5.74, 6) is 0.0612. The predicted octanol–water partition coefficient (Wildman–Crippen LogP) is 3.34. The lowest BCUT2D eigenvalue weighted by atomic mass is 9.65. The maximum atomic E-state index is 14.5. The number of hydrogen-bond acceptors (Lipinski definition) is 4. The lowest BCUT2D eigenvalue weighted by molar-refractivity contribution is 0.0976. The van der Waals surface area contributed by atoms with Gasteiger partial charge in [0.05, 0.1) is 11.3 Å². The van der Waals surface area contributed by atoms with Crippen LogP contribution in [0.3, 0.4) is 0 Å². The summed E-state index contributed by atoms with van der Waals surface area (Å²) in [5.41, 5.74) is 1.08. The largest absolute Gasteiger partial charge is 0.507 e. The first-order valence-electron chi connectivity index (χ1n) is 8.33. The standard InChI is InChI=1S/C19H16FNO4/c20-12-3-1-4-13-17(12)19(5-2-6-19)9-21(13)18(23)11-7-15-16(8-14(11)22)25-10-24-15/h1,3-4,7-8,22H,2,5-6,9-10H2. The number of phenols is 1. The monoisotopic (exact) mass is 341 g/mol. The molecule has 0 aromatic heterocycles. The zero-order valence-corrected chi connectivity index (χ0v) is 13.4. The van der Waals surface area contributed by atoms with Crippen LogP contribution in [-0.2, 0) is 5.41 Å². The van der Waals surface area contributed by atoms with Gasteiger partial charge in [-0.1, -0.05) is 12.5 Å². The second-order valence-corrected chi connectivity index (χ2v) is 6.88. The van der Waals surface area contributed by atoms with Crippen molar-refractivity contribution in [2.24, 2.45) is 0 Å². The molecule has 0 atom stereocenters. The fourth-order valence-corrected chi connectivity index (χ4v) is 4.17.